The summed E-state index contributed by atoms with van der Waals surface area (Å²) < 4.78 is 0. The number of pyridine rings is 1. The summed E-state index contributed by atoms with van der Waals surface area (Å²) in [5.41, 5.74) is 13.0. The molecule has 6 heteroatoms. The Balaban J connectivity index is 2.58. The van der Waals surface area contributed by atoms with Crippen LogP contribution >= 0.6 is 11.8 Å². The van der Waals surface area contributed by atoms with Gasteiger partial charge in [-0.15, -0.1) is 0 Å². The Kier molecular flexibility index (Phi) is 4.77. The van der Waals surface area contributed by atoms with Gasteiger partial charge in [-0.2, -0.15) is 11.8 Å². The van der Waals surface area contributed by atoms with Gasteiger partial charge in [-0.3, -0.25) is 4.79 Å². The van der Waals surface area contributed by atoms with Crippen molar-refractivity contribution in [1.29, 1.82) is 0 Å². The number of thioether (sulfide) groups is 1. The van der Waals surface area contributed by atoms with Crippen LogP contribution in [0.2, 0.25) is 0 Å². The summed E-state index contributed by atoms with van der Waals surface area (Å²) in [5, 5.41) is 8.59. The van der Waals surface area contributed by atoms with Gasteiger partial charge in [0.1, 0.15) is 11.9 Å². The second-order valence-electron chi connectivity index (χ2n) is 3.94. The number of aromatic nitrogens is 1. The zero-order valence-electron chi connectivity index (χ0n) is 9.88. The summed E-state index contributed by atoms with van der Waals surface area (Å²) >= 11 is 1.46. The minimum absolute atomic E-state index is 0.170. The van der Waals surface area contributed by atoms with Gasteiger partial charge in [0.05, 0.1) is 5.69 Å². The summed E-state index contributed by atoms with van der Waals surface area (Å²) in [6.45, 7) is 3.74. The number of carboxylic acids is 1. The van der Waals surface area contributed by atoms with Crippen LogP contribution in [0.1, 0.15) is 18.2 Å². The van der Waals surface area contributed by atoms with Crippen LogP contribution in [0, 0.1) is 6.92 Å². The number of hydrogen-bond donors (Lipinski definition) is 3. The number of anilines is 1. The second kappa shape index (κ2) is 5.88. The molecule has 1 rings (SSSR count). The molecule has 0 fully saturated rings. The van der Waals surface area contributed by atoms with Gasteiger partial charge in [0.2, 0.25) is 0 Å². The van der Waals surface area contributed by atoms with E-state index in [-0.39, 0.29) is 5.25 Å². The summed E-state index contributed by atoms with van der Waals surface area (Å²) in [7, 11) is 0. The van der Waals surface area contributed by atoms with Crippen LogP contribution in [0.4, 0.5) is 5.82 Å². The van der Waals surface area contributed by atoms with Crippen LogP contribution in [-0.4, -0.2) is 27.4 Å². The average Bonchev–Trinajstić information content (AvgIpc) is 2.23. The zero-order valence-corrected chi connectivity index (χ0v) is 10.7. The number of aryl methyl sites for hydroxylation is 1. The first-order valence-corrected chi connectivity index (χ1v) is 6.28. The molecule has 1 aromatic heterocycles. The normalized spacial score (nSPS) is 14.3. The fraction of sp³-hybridized carbons (Fsp3) is 0.455. The third-order valence-electron chi connectivity index (χ3n) is 2.33. The molecule has 2 atom stereocenters. The number of nitrogens with two attached hydrogens (primary N) is 2. The molecule has 1 aromatic rings. The number of carbonyl (C=O) groups is 1. The highest BCUT2D eigenvalue weighted by atomic mass is 32.2. The van der Waals surface area contributed by atoms with E-state index in [1.54, 1.807) is 13.0 Å². The fourth-order valence-electron chi connectivity index (χ4n) is 1.36. The Morgan fingerprint density at radius 3 is 2.76 bits per heavy atom. The molecule has 1 heterocycles. The molecular formula is C11H17N3O2S. The van der Waals surface area contributed by atoms with Gasteiger partial charge in [-0.25, -0.2) is 4.98 Å². The second-order valence-corrected chi connectivity index (χ2v) is 5.31. The number of nitrogens with zero attached hydrogens (tertiary/aromatic N) is 1. The van der Waals surface area contributed by atoms with E-state index in [0.29, 0.717) is 11.6 Å². The van der Waals surface area contributed by atoms with Gasteiger partial charge in [0, 0.05) is 11.0 Å². The lowest BCUT2D eigenvalue weighted by molar-refractivity contribution is -0.138. The van der Waals surface area contributed by atoms with Crippen molar-refractivity contribution in [3.05, 3.63) is 23.4 Å². The first-order valence-electron chi connectivity index (χ1n) is 5.23. The quantitative estimate of drug-likeness (QED) is 0.725. The van der Waals surface area contributed by atoms with E-state index in [4.69, 9.17) is 16.6 Å². The number of nitrogen functional groups attached to an aromatic ring is 1. The predicted octanol–water partition coefficient (Wildman–Crippen LogP) is 1.01. The molecular weight excluding hydrogens is 238 g/mol. The lowest BCUT2D eigenvalue weighted by Crippen LogP contribution is -2.38. The summed E-state index contributed by atoms with van der Waals surface area (Å²) in [6.07, 6.45) is 0. The molecule has 0 spiro atoms. The Morgan fingerprint density at radius 1 is 1.59 bits per heavy atom. The monoisotopic (exact) mass is 255 g/mol. The van der Waals surface area contributed by atoms with E-state index >= 15 is 0 Å². The number of carboxylic acid groups (broad SMARTS) is 1. The van der Waals surface area contributed by atoms with Gasteiger partial charge < -0.3 is 16.6 Å². The molecule has 0 saturated carbocycles. The van der Waals surface area contributed by atoms with Crippen molar-refractivity contribution in [2.24, 2.45) is 5.73 Å². The molecule has 0 saturated heterocycles. The first-order chi connectivity index (χ1) is 7.90. The number of rotatable bonds is 5. The standard InChI is InChI=1S/C11H17N3O2S/c1-6-3-8(14-9(12)4-6)5-17-7(2)10(13)11(15)16/h3-4,7,10H,5,13H2,1-2H3,(H2,12,14)(H,15,16)/t7?,10-/m0/s1. The van der Waals surface area contributed by atoms with Crippen molar-refractivity contribution in [1.82, 2.24) is 4.98 Å². The van der Waals surface area contributed by atoms with Gasteiger partial charge in [-0.05, 0) is 24.6 Å². The lowest BCUT2D eigenvalue weighted by Gasteiger charge is -2.15. The van der Waals surface area contributed by atoms with Crippen molar-refractivity contribution >= 4 is 23.5 Å². The molecule has 94 valence electrons. The van der Waals surface area contributed by atoms with Gasteiger partial charge in [0.25, 0.3) is 0 Å². The Hall–Kier alpha value is -1.27. The minimum atomic E-state index is -0.985. The largest absolute Gasteiger partial charge is 0.480 e. The van der Waals surface area contributed by atoms with Crippen LogP contribution < -0.4 is 11.5 Å². The summed E-state index contributed by atoms with van der Waals surface area (Å²) in [4.78, 5) is 14.9. The molecule has 17 heavy (non-hydrogen) atoms. The Labute approximate surface area is 105 Å². The maximum absolute atomic E-state index is 10.7. The third kappa shape index (κ3) is 4.24. The van der Waals surface area contributed by atoms with Gasteiger partial charge >= 0.3 is 5.97 Å². The van der Waals surface area contributed by atoms with Crippen molar-refractivity contribution < 1.29 is 9.90 Å². The smallest absolute Gasteiger partial charge is 0.321 e. The molecule has 0 aliphatic rings. The molecule has 1 unspecified atom stereocenters. The Bertz CT molecular complexity index is 391. The van der Waals surface area contributed by atoms with E-state index < -0.39 is 12.0 Å². The molecule has 5 N–H and O–H groups in total. The van der Waals surface area contributed by atoms with E-state index in [9.17, 15) is 4.79 Å². The van der Waals surface area contributed by atoms with E-state index in [1.807, 2.05) is 13.0 Å². The molecule has 0 aliphatic carbocycles. The predicted molar refractivity (Wildman–Crippen MR) is 69.8 cm³/mol. The lowest BCUT2D eigenvalue weighted by atomic mass is 10.2. The van der Waals surface area contributed by atoms with Crippen LogP contribution in [-0.2, 0) is 10.5 Å². The third-order valence-corrected chi connectivity index (χ3v) is 3.61. The highest BCUT2D eigenvalue weighted by Gasteiger charge is 2.20. The topological polar surface area (TPSA) is 102 Å². The van der Waals surface area contributed by atoms with Crippen molar-refractivity contribution in [3.8, 4) is 0 Å². The molecule has 0 amide bonds. The molecule has 0 aromatic carbocycles. The summed E-state index contributed by atoms with van der Waals surface area (Å²) in [6, 6.07) is 2.87. The van der Waals surface area contributed by atoms with Crippen molar-refractivity contribution in [2.75, 3.05) is 5.73 Å². The van der Waals surface area contributed by atoms with Crippen LogP contribution in [0.15, 0.2) is 12.1 Å². The highest BCUT2D eigenvalue weighted by molar-refractivity contribution is 7.99. The molecule has 0 bridgehead atoms. The molecule has 0 radical (unpaired) electrons. The van der Waals surface area contributed by atoms with Crippen LogP contribution in [0.3, 0.4) is 0 Å². The van der Waals surface area contributed by atoms with Gasteiger partial charge in [0.15, 0.2) is 0 Å². The SMILES string of the molecule is Cc1cc(N)nc(CSC(C)[C@H](N)C(=O)O)c1. The van der Waals surface area contributed by atoms with Crippen molar-refractivity contribution in [3.63, 3.8) is 0 Å². The highest BCUT2D eigenvalue weighted by Crippen LogP contribution is 2.20. The zero-order chi connectivity index (χ0) is 13.0. The summed E-state index contributed by atoms with van der Waals surface area (Å²) in [5.74, 6) is 0.103. The number of aliphatic carboxylic acids is 1. The molecule has 0 aliphatic heterocycles. The molecule has 5 nitrogen and oxygen atoms in total. The maximum atomic E-state index is 10.7. The van der Waals surface area contributed by atoms with Crippen molar-refractivity contribution in [2.45, 2.75) is 30.9 Å². The van der Waals surface area contributed by atoms with E-state index in [0.717, 1.165) is 11.3 Å². The average molecular weight is 255 g/mol. The van der Waals surface area contributed by atoms with Gasteiger partial charge in [-0.1, -0.05) is 6.92 Å². The maximum Gasteiger partial charge on any atom is 0.321 e. The van der Waals surface area contributed by atoms with E-state index in [2.05, 4.69) is 4.98 Å². The number of hydrogen-bond acceptors (Lipinski definition) is 5. The van der Waals surface area contributed by atoms with Crippen LogP contribution in [0.25, 0.3) is 0 Å². The minimum Gasteiger partial charge on any atom is -0.480 e. The van der Waals surface area contributed by atoms with Crippen LogP contribution in [0.5, 0.6) is 0 Å². The van der Waals surface area contributed by atoms with E-state index in [1.165, 1.54) is 11.8 Å². The Morgan fingerprint density at radius 2 is 2.24 bits per heavy atom. The fourth-order valence-corrected chi connectivity index (χ4v) is 2.27. The first kappa shape index (κ1) is 13.8.